The summed E-state index contributed by atoms with van der Waals surface area (Å²) in [6.45, 7) is 3.43. The van der Waals surface area contributed by atoms with Crippen LogP contribution in [0.15, 0.2) is 12.5 Å². The normalized spacial score (nSPS) is 13.3. The summed E-state index contributed by atoms with van der Waals surface area (Å²) in [5, 5.41) is 11.1. The molecule has 1 rings (SSSR count). The molecule has 8 heteroatoms. The number of aliphatic carboxylic acids is 1. The Morgan fingerprint density at radius 3 is 2.60 bits per heavy atom. The zero-order chi connectivity index (χ0) is 15.3. The van der Waals surface area contributed by atoms with Crippen molar-refractivity contribution in [1.82, 2.24) is 14.9 Å². The zero-order valence-electron chi connectivity index (χ0n) is 11.5. The van der Waals surface area contributed by atoms with E-state index in [1.807, 2.05) is 0 Å². The second-order valence-corrected chi connectivity index (χ2v) is 4.32. The minimum Gasteiger partial charge on any atom is -0.479 e. The number of imidazole rings is 1. The van der Waals surface area contributed by atoms with Crippen LogP contribution in [0.2, 0.25) is 0 Å². The molecule has 0 aliphatic carbocycles. The molecule has 0 aliphatic heterocycles. The summed E-state index contributed by atoms with van der Waals surface area (Å²) < 4.78 is 6.43. The molecule has 8 nitrogen and oxygen atoms in total. The van der Waals surface area contributed by atoms with Crippen molar-refractivity contribution < 1.29 is 24.2 Å². The summed E-state index contributed by atoms with van der Waals surface area (Å²) in [6.07, 6.45) is 2.93. The van der Waals surface area contributed by atoms with E-state index in [0.29, 0.717) is 6.42 Å². The van der Waals surface area contributed by atoms with Gasteiger partial charge in [0.05, 0.1) is 12.4 Å². The molecule has 0 bridgehead atoms. The first-order valence-electron chi connectivity index (χ1n) is 6.07. The topological polar surface area (TPSA) is 111 Å². The number of ether oxygens (including phenoxy) is 1. The standard InChI is InChI=1S/C12H17N3O5/c1-4-7(2)20-12(19)9(11(17)18)14-10(16)8-5-15(3)6-13-8/h5-7,9H,4H2,1-3H3,(H,14,16)(H,17,18). The molecule has 0 radical (unpaired) electrons. The van der Waals surface area contributed by atoms with Gasteiger partial charge in [0.15, 0.2) is 0 Å². The van der Waals surface area contributed by atoms with Crippen LogP contribution < -0.4 is 5.32 Å². The molecule has 0 fully saturated rings. The Labute approximate surface area is 115 Å². The van der Waals surface area contributed by atoms with Gasteiger partial charge >= 0.3 is 11.9 Å². The van der Waals surface area contributed by atoms with Crippen LogP contribution in [0.5, 0.6) is 0 Å². The number of carboxylic acid groups (broad SMARTS) is 1. The predicted molar refractivity (Wildman–Crippen MR) is 67.9 cm³/mol. The van der Waals surface area contributed by atoms with Crippen LogP contribution in [0.3, 0.4) is 0 Å². The van der Waals surface area contributed by atoms with Crippen LogP contribution in [0.1, 0.15) is 30.8 Å². The molecular formula is C12H17N3O5. The van der Waals surface area contributed by atoms with E-state index in [9.17, 15) is 14.4 Å². The number of esters is 1. The van der Waals surface area contributed by atoms with E-state index in [0.717, 1.165) is 0 Å². The molecule has 0 aromatic carbocycles. The highest BCUT2D eigenvalue weighted by Crippen LogP contribution is 2.02. The van der Waals surface area contributed by atoms with Gasteiger partial charge in [-0.05, 0) is 13.3 Å². The first-order valence-corrected chi connectivity index (χ1v) is 6.07. The van der Waals surface area contributed by atoms with Crippen LogP contribution in [0.4, 0.5) is 0 Å². The Hall–Kier alpha value is -2.38. The second-order valence-electron chi connectivity index (χ2n) is 4.32. The lowest BCUT2D eigenvalue weighted by atomic mass is 10.2. The largest absolute Gasteiger partial charge is 0.479 e. The highest BCUT2D eigenvalue weighted by molar-refractivity contribution is 6.04. The van der Waals surface area contributed by atoms with E-state index in [2.05, 4.69) is 10.3 Å². The van der Waals surface area contributed by atoms with E-state index < -0.39 is 30.0 Å². The number of hydrogen-bond donors (Lipinski definition) is 2. The monoisotopic (exact) mass is 283 g/mol. The Morgan fingerprint density at radius 1 is 1.50 bits per heavy atom. The number of hydrogen-bond acceptors (Lipinski definition) is 5. The number of carbonyl (C=O) groups is 3. The van der Waals surface area contributed by atoms with E-state index in [1.165, 1.54) is 17.1 Å². The first-order chi connectivity index (χ1) is 9.35. The fraction of sp³-hybridized carbons (Fsp3) is 0.500. The molecule has 0 saturated heterocycles. The third-order valence-electron chi connectivity index (χ3n) is 2.59. The van der Waals surface area contributed by atoms with Gasteiger partial charge in [-0.25, -0.2) is 14.6 Å². The number of nitrogens with zero attached hydrogens (tertiary/aromatic N) is 2. The summed E-state index contributed by atoms with van der Waals surface area (Å²) in [5.74, 6) is -3.24. The molecule has 2 unspecified atom stereocenters. The summed E-state index contributed by atoms with van der Waals surface area (Å²) in [6, 6.07) is -1.75. The Morgan fingerprint density at radius 2 is 2.15 bits per heavy atom. The van der Waals surface area contributed by atoms with E-state index >= 15 is 0 Å². The molecule has 20 heavy (non-hydrogen) atoms. The maximum absolute atomic E-state index is 11.8. The second kappa shape index (κ2) is 6.69. The average molecular weight is 283 g/mol. The number of rotatable bonds is 6. The lowest BCUT2D eigenvalue weighted by molar-refractivity contribution is -0.158. The van der Waals surface area contributed by atoms with Crippen LogP contribution in [-0.2, 0) is 21.4 Å². The molecule has 0 aliphatic rings. The molecule has 1 aromatic rings. The lowest BCUT2D eigenvalue weighted by Crippen LogP contribution is -2.48. The number of carboxylic acids is 1. The van der Waals surface area contributed by atoms with E-state index in [4.69, 9.17) is 9.84 Å². The third kappa shape index (κ3) is 4.08. The highest BCUT2D eigenvalue weighted by Gasteiger charge is 2.31. The Balaban J connectivity index is 2.75. The third-order valence-corrected chi connectivity index (χ3v) is 2.59. The zero-order valence-corrected chi connectivity index (χ0v) is 11.5. The Bertz CT molecular complexity index is 511. The van der Waals surface area contributed by atoms with Crippen molar-refractivity contribution in [1.29, 1.82) is 0 Å². The van der Waals surface area contributed by atoms with E-state index in [-0.39, 0.29) is 5.69 Å². The van der Waals surface area contributed by atoms with E-state index in [1.54, 1.807) is 20.9 Å². The minimum absolute atomic E-state index is 0.0232. The van der Waals surface area contributed by atoms with Crippen molar-refractivity contribution in [3.05, 3.63) is 18.2 Å². The molecule has 110 valence electrons. The fourth-order valence-corrected chi connectivity index (χ4v) is 1.31. The molecule has 2 N–H and O–H groups in total. The molecule has 0 spiro atoms. The summed E-state index contributed by atoms with van der Waals surface area (Å²) in [7, 11) is 1.66. The maximum Gasteiger partial charge on any atom is 0.340 e. The molecule has 1 heterocycles. The summed E-state index contributed by atoms with van der Waals surface area (Å²) in [5.41, 5.74) is 0.0232. The lowest BCUT2D eigenvalue weighted by Gasteiger charge is -2.16. The van der Waals surface area contributed by atoms with Crippen LogP contribution in [0, 0.1) is 0 Å². The maximum atomic E-state index is 11.8. The van der Waals surface area contributed by atoms with Crippen molar-refractivity contribution in [2.45, 2.75) is 32.4 Å². The molecule has 1 aromatic heterocycles. The van der Waals surface area contributed by atoms with Gasteiger partial charge in [-0.15, -0.1) is 0 Å². The number of nitrogens with one attached hydrogen (secondary N) is 1. The van der Waals surface area contributed by atoms with Crippen molar-refractivity contribution in [3.63, 3.8) is 0 Å². The van der Waals surface area contributed by atoms with Crippen LogP contribution >= 0.6 is 0 Å². The van der Waals surface area contributed by atoms with Gasteiger partial charge in [-0.2, -0.15) is 0 Å². The van der Waals surface area contributed by atoms with Crippen molar-refractivity contribution >= 4 is 17.8 Å². The highest BCUT2D eigenvalue weighted by atomic mass is 16.5. The number of aromatic nitrogens is 2. The van der Waals surface area contributed by atoms with Crippen molar-refractivity contribution in [3.8, 4) is 0 Å². The SMILES string of the molecule is CCC(C)OC(=O)C(NC(=O)c1cn(C)cn1)C(=O)O. The molecular weight excluding hydrogens is 266 g/mol. The van der Waals surface area contributed by atoms with Crippen LogP contribution in [0.25, 0.3) is 0 Å². The van der Waals surface area contributed by atoms with Crippen molar-refractivity contribution in [2.24, 2.45) is 7.05 Å². The number of carbonyl (C=O) groups excluding carboxylic acids is 2. The summed E-state index contributed by atoms with van der Waals surface area (Å²) >= 11 is 0. The fourth-order valence-electron chi connectivity index (χ4n) is 1.31. The average Bonchev–Trinajstić information content (AvgIpc) is 2.81. The van der Waals surface area contributed by atoms with Gasteiger partial charge < -0.3 is 19.7 Å². The Kier molecular flexibility index (Phi) is 5.24. The quantitative estimate of drug-likeness (QED) is 0.559. The summed E-state index contributed by atoms with van der Waals surface area (Å²) in [4.78, 5) is 38.3. The van der Waals surface area contributed by atoms with Gasteiger partial charge in [0, 0.05) is 13.2 Å². The van der Waals surface area contributed by atoms with Crippen molar-refractivity contribution in [2.75, 3.05) is 0 Å². The minimum atomic E-state index is -1.75. The van der Waals surface area contributed by atoms with Gasteiger partial charge in [-0.1, -0.05) is 6.92 Å². The number of amides is 1. The molecule has 2 atom stereocenters. The van der Waals surface area contributed by atoms with Crippen LogP contribution in [-0.4, -0.2) is 44.6 Å². The molecule has 0 saturated carbocycles. The van der Waals surface area contributed by atoms with Gasteiger partial charge in [0.25, 0.3) is 5.91 Å². The predicted octanol–water partition coefficient (Wildman–Crippen LogP) is -0.0552. The smallest absolute Gasteiger partial charge is 0.340 e. The van der Waals surface area contributed by atoms with Gasteiger partial charge in [0.1, 0.15) is 5.69 Å². The molecule has 1 amide bonds. The van der Waals surface area contributed by atoms with Gasteiger partial charge in [-0.3, -0.25) is 4.79 Å². The number of aryl methyl sites for hydroxylation is 1. The van der Waals surface area contributed by atoms with Gasteiger partial charge in [0.2, 0.25) is 6.04 Å². The first kappa shape index (κ1) is 15.7.